The SMILES string of the molecule is CCC(CC)C(=O)Nc1cccc(C(C)=NNC(=O)c2ccc(Br)s2)c1. The van der Waals surface area contributed by atoms with Gasteiger partial charge in [-0.1, -0.05) is 26.0 Å². The lowest BCUT2D eigenvalue weighted by atomic mass is 10.0. The van der Waals surface area contributed by atoms with Crippen LogP contribution in [0.5, 0.6) is 0 Å². The number of hydrogen-bond acceptors (Lipinski definition) is 4. The highest BCUT2D eigenvalue weighted by molar-refractivity contribution is 9.11. The first kappa shape index (κ1) is 20.3. The van der Waals surface area contributed by atoms with Gasteiger partial charge in [-0.3, -0.25) is 9.59 Å². The van der Waals surface area contributed by atoms with Gasteiger partial charge in [0.15, 0.2) is 0 Å². The predicted octanol–water partition coefficient (Wildman–Crippen LogP) is 5.04. The van der Waals surface area contributed by atoms with Crippen LogP contribution in [0.1, 0.15) is 48.8 Å². The molecule has 1 aromatic heterocycles. The van der Waals surface area contributed by atoms with Crippen molar-refractivity contribution in [1.29, 1.82) is 0 Å². The maximum atomic E-state index is 12.2. The minimum atomic E-state index is -0.252. The zero-order valence-electron chi connectivity index (χ0n) is 15.0. The molecule has 0 aliphatic rings. The molecular weight excluding hydrogens is 414 g/mol. The Hall–Kier alpha value is -1.99. The Bertz CT molecular complexity index is 813. The Morgan fingerprint density at radius 3 is 2.54 bits per heavy atom. The number of rotatable bonds is 7. The summed E-state index contributed by atoms with van der Waals surface area (Å²) >= 11 is 4.68. The summed E-state index contributed by atoms with van der Waals surface area (Å²) in [6, 6.07) is 11.0. The quantitative estimate of drug-likeness (QED) is 0.472. The van der Waals surface area contributed by atoms with Gasteiger partial charge in [0.05, 0.1) is 14.4 Å². The van der Waals surface area contributed by atoms with Crippen LogP contribution in [0.25, 0.3) is 0 Å². The van der Waals surface area contributed by atoms with Gasteiger partial charge in [0, 0.05) is 11.6 Å². The van der Waals surface area contributed by atoms with E-state index in [2.05, 4.69) is 31.8 Å². The van der Waals surface area contributed by atoms with Gasteiger partial charge in [0.2, 0.25) is 5.91 Å². The van der Waals surface area contributed by atoms with Gasteiger partial charge in [-0.15, -0.1) is 11.3 Å². The molecule has 0 unspecified atom stereocenters. The van der Waals surface area contributed by atoms with Gasteiger partial charge in [-0.05, 0) is 65.5 Å². The van der Waals surface area contributed by atoms with Gasteiger partial charge >= 0.3 is 0 Å². The summed E-state index contributed by atoms with van der Waals surface area (Å²) in [5.41, 5.74) is 4.78. The molecule has 2 amide bonds. The van der Waals surface area contributed by atoms with Gasteiger partial charge in [-0.25, -0.2) is 5.43 Å². The van der Waals surface area contributed by atoms with Crippen molar-refractivity contribution in [3.63, 3.8) is 0 Å². The Kier molecular flexibility index (Phi) is 7.53. The first-order chi connectivity index (χ1) is 12.4. The fourth-order valence-electron chi connectivity index (χ4n) is 2.42. The number of carbonyl (C=O) groups is 2. The maximum Gasteiger partial charge on any atom is 0.281 e. The standard InChI is InChI=1S/C19H22BrN3O2S/c1-4-13(5-2)18(24)21-15-8-6-7-14(11-15)12(3)22-23-19(25)16-9-10-17(20)26-16/h6-11,13H,4-5H2,1-3H3,(H,21,24)(H,23,25). The number of carbonyl (C=O) groups excluding carboxylic acids is 2. The number of nitrogens with one attached hydrogen (secondary N) is 2. The molecule has 0 fully saturated rings. The molecule has 7 heteroatoms. The van der Waals surface area contributed by atoms with Crippen molar-refractivity contribution >= 4 is 50.5 Å². The summed E-state index contributed by atoms with van der Waals surface area (Å²) in [5.74, 6) is -0.214. The summed E-state index contributed by atoms with van der Waals surface area (Å²) < 4.78 is 0.893. The van der Waals surface area contributed by atoms with Crippen LogP contribution in [0.3, 0.4) is 0 Å². The molecule has 0 aliphatic carbocycles. The van der Waals surface area contributed by atoms with Crippen molar-refractivity contribution in [1.82, 2.24) is 5.43 Å². The van der Waals surface area contributed by atoms with Crippen molar-refractivity contribution in [3.05, 3.63) is 50.6 Å². The molecule has 0 radical (unpaired) electrons. The molecule has 138 valence electrons. The van der Waals surface area contributed by atoms with E-state index in [1.165, 1.54) is 11.3 Å². The second-order valence-electron chi connectivity index (χ2n) is 5.83. The number of hydrazone groups is 1. The molecule has 0 saturated carbocycles. The summed E-state index contributed by atoms with van der Waals surface area (Å²) in [5, 5.41) is 7.11. The van der Waals surface area contributed by atoms with E-state index in [0.29, 0.717) is 10.6 Å². The minimum Gasteiger partial charge on any atom is -0.326 e. The molecule has 2 rings (SSSR count). The molecule has 5 nitrogen and oxygen atoms in total. The Labute approximate surface area is 166 Å². The van der Waals surface area contributed by atoms with E-state index in [0.717, 1.165) is 27.9 Å². The highest BCUT2D eigenvalue weighted by Gasteiger charge is 2.14. The molecule has 0 aliphatic heterocycles. The van der Waals surface area contributed by atoms with Gasteiger partial charge in [-0.2, -0.15) is 5.10 Å². The average molecular weight is 436 g/mol. The van der Waals surface area contributed by atoms with Crippen LogP contribution in [0.4, 0.5) is 5.69 Å². The normalized spacial score (nSPS) is 11.5. The van der Waals surface area contributed by atoms with E-state index < -0.39 is 0 Å². The number of benzene rings is 1. The highest BCUT2D eigenvalue weighted by Crippen LogP contribution is 2.22. The summed E-state index contributed by atoms with van der Waals surface area (Å²) in [7, 11) is 0. The molecule has 1 aromatic carbocycles. The average Bonchev–Trinajstić information content (AvgIpc) is 3.07. The Morgan fingerprint density at radius 1 is 1.19 bits per heavy atom. The van der Waals surface area contributed by atoms with E-state index >= 15 is 0 Å². The minimum absolute atomic E-state index is 0.0119. The lowest BCUT2D eigenvalue weighted by molar-refractivity contribution is -0.120. The third-order valence-electron chi connectivity index (χ3n) is 4.03. The molecule has 0 spiro atoms. The van der Waals surface area contributed by atoms with Crippen LogP contribution in [0.2, 0.25) is 0 Å². The topological polar surface area (TPSA) is 70.6 Å². The number of thiophene rings is 1. The number of nitrogens with zero attached hydrogens (tertiary/aromatic N) is 1. The zero-order chi connectivity index (χ0) is 19.1. The zero-order valence-corrected chi connectivity index (χ0v) is 17.4. The second-order valence-corrected chi connectivity index (χ2v) is 8.29. The molecule has 0 saturated heterocycles. The molecule has 0 bridgehead atoms. The van der Waals surface area contributed by atoms with Gasteiger partial charge in [0.1, 0.15) is 0 Å². The number of amides is 2. The number of hydrogen-bond donors (Lipinski definition) is 2. The first-order valence-electron chi connectivity index (χ1n) is 8.45. The van der Waals surface area contributed by atoms with Crippen molar-refractivity contribution < 1.29 is 9.59 Å². The van der Waals surface area contributed by atoms with E-state index in [9.17, 15) is 9.59 Å². The van der Waals surface area contributed by atoms with Crippen molar-refractivity contribution in [2.45, 2.75) is 33.6 Å². The Morgan fingerprint density at radius 2 is 1.92 bits per heavy atom. The van der Waals surface area contributed by atoms with Crippen LogP contribution >= 0.6 is 27.3 Å². The van der Waals surface area contributed by atoms with E-state index in [1.807, 2.05) is 51.1 Å². The van der Waals surface area contributed by atoms with Gasteiger partial charge < -0.3 is 5.32 Å². The predicted molar refractivity (Wildman–Crippen MR) is 111 cm³/mol. The largest absolute Gasteiger partial charge is 0.326 e. The van der Waals surface area contributed by atoms with Crippen LogP contribution < -0.4 is 10.7 Å². The van der Waals surface area contributed by atoms with Crippen LogP contribution in [0, 0.1) is 5.92 Å². The van der Waals surface area contributed by atoms with Crippen molar-refractivity contribution in [2.24, 2.45) is 11.0 Å². The lowest BCUT2D eigenvalue weighted by Crippen LogP contribution is -2.21. The van der Waals surface area contributed by atoms with Crippen molar-refractivity contribution in [2.75, 3.05) is 5.32 Å². The fraction of sp³-hybridized carbons (Fsp3) is 0.316. The van der Waals surface area contributed by atoms with Gasteiger partial charge in [0.25, 0.3) is 5.91 Å². The van der Waals surface area contributed by atoms with Crippen LogP contribution in [-0.2, 0) is 4.79 Å². The first-order valence-corrected chi connectivity index (χ1v) is 10.1. The fourth-order valence-corrected chi connectivity index (χ4v) is 3.69. The van der Waals surface area contributed by atoms with E-state index in [-0.39, 0.29) is 17.7 Å². The smallest absolute Gasteiger partial charge is 0.281 e. The lowest BCUT2D eigenvalue weighted by Gasteiger charge is -2.13. The molecule has 2 N–H and O–H groups in total. The maximum absolute atomic E-state index is 12.2. The highest BCUT2D eigenvalue weighted by atomic mass is 79.9. The summed E-state index contributed by atoms with van der Waals surface area (Å²) in [6.45, 7) is 5.83. The third kappa shape index (κ3) is 5.51. The van der Waals surface area contributed by atoms with E-state index in [4.69, 9.17) is 0 Å². The molecule has 2 aromatic rings. The third-order valence-corrected chi connectivity index (χ3v) is 5.65. The van der Waals surface area contributed by atoms with Crippen LogP contribution in [0.15, 0.2) is 45.3 Å². The number of anilines is 1. The molecule has 0 atom stereocenters. The molecular formula is C19H22BrN3O2S. The van der Waals surface area contributed by atoms with Crippen molar-refractivity contribution in [3.8, 4) is 0 Å². The van der Waals surface area contributed by atoms with Crippen LogP contribution in [-0.4, -0.2) is 17.5 Å². The Balaban J connectivity index is 2.06. The van der Waals surface area contributed by atoms with E-state index in [1.54, 1.807) is 6.07 Å². The second kappa shape index (κ2) is 9.64. The number of halogens is 1. The molecule has 26 heavy (non-hydrogen) atoms. The summed E-state index contributed by atoms with van der Waals surface area (Å²) in [6.07, 6.45) is 1.63. The monoisotopic (exact) mass is 435 g/mol. The molecule has 1 heterocycles. The summed E-state index contributed by atoms with van der Waals surface area (Å²) in [4.78, 5) is 24.9.